The van der Waals surface area contributed by atoms with Crippen LogP contribution in [0.25, 0.3) is 5.57 Å². The molecule has 0 saturated carbocycles. The third-order valence-electron chi connectivity index (χ3n) is 3.57. The van der Waals surface area contributed by atoms with Crippen LogP contribution in [0.15, 0.2) is 65.6 Å². The number of hydrogen-bond acceptors (Lipinski definition) is 3. The Morgan fingerprint density at radius 1 is 1.29 bits per heavy atom. The van der Waals surface area contributed by atoms with Crippen LogP contribution in [0.1, 0.15) is 46.1 Å². The second kappa shape index (κ2) is 11.2. The molecule has 0 radical (unpaired) electrons. The van der Waals surface area contributed by atoms with E-state index >= 15 is 0 Å². The first-order valence-electron chi connectivity index (χ1n) is 8.52. The lowest BCUT2D eigenvalue weighted by molar-refractivity contribution is 0.824. The SMILES string of the molecule is C=NC(=CC/C=C\C)N(CCC)c1cc(C(/C=C\C)=C/C)ccn1. The molecule has 0 bridgehead atoms. The maximum Gasteiger partial charge on any atom is 0.134 e. The summed E-state index contributed by atoms with van der Waals surface area (Å²) in [4.78, 5) is 10.9. The summed E-state index contributed by atoms with van der Waals surface area (Å²) < 4.78 is 0. The minimum absolute atomic E-state index is 0.837. The van der Waals surface area contributed by atoms with Crippen LogP contribution in [0, 0.1) is 0 Å². The van der Waals surface area contributed by atoms with Gasteiger partial charge in [-0.15, -0.1) is 0 Å². The molecule has 0 amide bonds. The summed E-state index contributed by atoms with van der Waals surface area (Å²) in [6.45, 7) is 12.8. The number of nitrogens with zero attached hydrogens (tertiary/aromatic N) is 3. The van der Waals surface area contributed by atoms with E-state index in [1.165, 1.54) is 5.57 Å². The van der Waals surface area contributed by atoms with Crippen molar-refractivity contribution in [3.8, 4) is 0 Å². The molecule has 1 aromatic rings. The molecule has 0 aliphatic heterocycles. The average molecular weight is 323 g/mol. The van der Waals surface area contributed by atoms with E-state index in [-0.39, 0.29) is 0 Å². The van der Waals surface area contributed by atoms with Crippen molar-refractivity contribution in [1.29, 1.82) is 0 Å². The molecule has 0 saturated heterocycles. The van der Waals surface area contributed by atoms with Crippen molar-refractivity contribution < 1.29 is 0 Å². The van der Waals surface area contributed by atoms with Crippen LogP contribution in [-0.4, -0.2) is 18.2 Å². The quantitative estimate of drug-likeness (QED) is 0.327. The minimum atomic E-state index is 0.837. The molecule has 3 nitrogen and oxygen atoms in total. The van der Waals surface area contributed by atoms with E-state index in [1.807, 2.05) is 45.2 Å². The van der Waals surface area contributed by atoms with Crippen molar-refractivity contribution in [2.45, 2.75) is 40.5 Å². The predicted molar refractivity (Wildman–Crippen MR) is 107 cm³/mol. The fraction of sp³-hybridized carbons (Fsp3) is 0.333. The Kier molecular flexibility index (Phi) is 9.13. The van der Waals surface area contributed by atoms with Gasteiger partial charge in [-0.25, -0.2) is 9.98 Å². The van der Waals surface area contributed by atoms with Crippen molar-refractivity contribution in [3.05, 3.63) is 66.2 Å². The number of aromatic nitrogens is 1. The lowest BCUT2D eigenvalue weighted by Crippen LogP contribution is -2.23. The third kappa shape index (κ3) is 5.65. The zero-order valence-electron chi connectivity index (χ0n) is 15.4. The molecule has 0 aliphatic carbocycles. The first kappa shape index (κ1) is 19.6. The van der Waals surface area contributed by atoms with Crippen LogP contribution in [-0.2, 0) is 0 Å². The van der Waals surface area contributed by atoms with Gasteiger partial charge in [0.1, 0.15) is 11.6 Å². The van der Waals surface area contributed by atoms with E-state index in [4.69, 9.17) is 0 Å². The molecule has 0 aliphatic rings. The third-order valence-corrected chi connectivity index (χ3v) is 3.57. The molecule has 1 rings (SSSR count). The zero-order chi connectivity index (χ0) is 17.8. The minimum Gasteiger partial charge on any atom is -0.311 e. The molecule has 24 heavy (non-hydrogen) atoms. The van der Waals surface area contributed by atoms with Gasteiger partial charge in [-0.2, -0.15) is 0 Å². The van der Waals surface area contributed by atoms with E-state index in [2.05, 4.69) is 58.9 Å². The fourth-order valence-corrected chi connectivity index (χ4v) is 2.42. The molecule has 0 N–H and O–H groups in total. The standard InChI is InChI=1S/C21H29N3/c1-6-10-11-13-20(22-5)24(16-8-3)21-17-19(14-15-23-21)18(9-4)12-7-2/h6-7,9-10,12-15,17H,5,8,11,16H2,1-4H3/b10-6-,12-7-,18-9+,20-13?. The highest BCUT2D eigenvalue weighted by atomic mass is 15.3. The molecule has 0 fully saturated rings. The molecular weight excluding hydrogens is 294 g/mol. The van der Waals surface area contributed by atoms with Crippen LogP contribution < -0.4 is 4.90 Å². The molecule has 0 aromatic carbocycles. The monoisotopic (exact) mass is 323 g/mol. The molecule has 3 heteroatoms. The average Bonchev–Trinajstić information content (AvgIpc) is 2.62. The molecule has 0 unspecified atom stereocenters. The predicted octanol–water partition coefficient (Wildman–Crippen LogP) is 5.79. The first-order valence-corrected chi connectivity index (χ1v) is 8.52. The Labute approximate surface area is 146 Å². The highest BCUT2D eigenvalue weighted by Crippen LogP contribution is 2.23. The number of hydrogen-bond donors (Lipinski definition) is 0. The maximum atomic E-state index is 4.56. The number of rotatable bonds is 9. The second-order valence-corrected chi connectivity index (χ2v) is 5.32. The van der Waals surface area contributed by atoms with Gasteiger partial charge in [-0.3, -0.25) is 0 Å². The van der Waals surface area contributed by atoms with E-state index < -0.39 is 0 Å². The summed E-state index contributed by atoms with van der Waals surface area (Å²) in [7, 11) is 0. The van der Waals surface area contributed by atoms with Gasteiger partial charge in [0.25, 0.3) is 0 Å². The molecule has 1 aromatic heterocycles. The van der Waals surface area contributed by atoms with Gasteiger partial charge in [-0.05, 0) is 69.7 Å². The Morgan fingerprint density at radius 3 is 2.67 bits per heavy atom. The summed E-state index contributed by atoms with van der Waals surface area (Å²) in [5.41, 5.74) is 2.34. The normalized spacial score (nSPS) is 13.0. The van der Waals surface area contributed by atoms with Gasteiger partial charge >= 0.3 is 0 Å². The summed E-state index contributed by atoms with van der Waals surface area (Å²) >= 11 is 0. The summed E-state index contributed by atoms with van der Waals surface area (Å²) in [6, 6.07) is 4.15. The van der Waals surface area contributed by atoms with Gasteiger partial charge in [0.05, 0.1) is 0 Å². The molecular formula is C21H29N3. The Balaban J connectivity index is 3.25. The summed E-state index contributed by atoms with van der Waals surface area (Å²) in [5, 5.41) is 0. The maximum absolute atomic E-state index is 4.56. The highest BCUT2D eigenvalue weighted by molar-refractivity contribution is 5.75. The number of aliphatic imine (C=N–C) groups is 1. The van der Waals surface area contributed by atoms with E-state index in [0.29, 0.717) is 0 Å². The first-order chi connectivity index (χ1) is 11.7. The number of pyridine rings is 1. The largest absolute Gasteiger partial charge is 0.311 e. The fourth-order valence-electron chi connectivity index (χ4n) is 2.42. The second-order valence-electron chi connectivity index (χ2n) is 5.32. The van der Waals surface area contributed by atoms with Gasteiger partial charge in [0.15, 0.2) is 0 Å². The van der Waals surface area contributed by atoms with Crippen LogP contribution in [0.3, 0.4) is 0 Å². The molecule has 0 atom stereocenters. The van der Waals surface area contributed by atoms with Crippen molar-refractivity contribution in [2.75, 3.05) is 11.4 Å². The van der Waals surface area contributed by atoms with Crippen molar-refractivity contribution >= 4 is 18.1 Å². The van der Waals surface area contributed by atoms with E-state index in [9.17, 15) is 0 Å². The van der Waals surface area contributed by atoms with Gasteiger partial charge < -0.3 is 4.90 Å². The van der Waals surface area contributed by atoms with Crippen LogP contribution >= 0.6 is 0 Å². The van der Waals surface area contributed by atoms with Gasteiger partial charge in [0.2, 0.25) is 0 Å². The smallest absolute Gasteiger partial charge is 0.134 e. The van der Waals surface area contributed by atoms with Crippen molar-refractivity contribution in [1.82, 2.24) is 4.98 Å². The highest BCUT2D eigenvalue weighted by Gasteiger charge is 2.12. The number of anilines is 1. The van der Waals surface area contributed by atoms with Crippen LogP contribution in [0.2, 0.25) is 0 Å². The topological polar surface area (TPSA) is 28.5 Å². The Hall–Kier alpha value is -2.42. The molecule has 0 spiro atoms. The Bertz CT molecular complexity index is 636. The zero-order valence-corrected chi connectivity index (χ0v) is 15.4. The lowest BCUT2D eigenvalue weighted by Gasteiger charge is -2.24. The van der Waals surface area contributed by atoms with Crippen LogP contribution in [0.5, 0.6) is 0 Å². The van der Waals surface area contributed by atoms with Crippen molar-refractivity contribution in [3.63, 3.8) is 0 Å². The number of allylic oxidation sites excluding steroid dienone is 7. The lowest BCUT2D eigenvalue weighted by atomic mass is 10.1. The van der Waals surface area contributed by atoms with Crippen LogP contribution in [0.4, 0.5) is 5.82 Å². The van der Waals surface area contributed by atoms with E-state index in [0.717, 1.165) is 36.6 Å². The summed E-state index contributed by atoms with van der Waals surface area (Å²) in [5.74, 6) is 1.75. The van der Waals surface area contributed by atoms with Gasteiger partial charge in [-0.1, -0.05) is 37.3 Å². The van der Waals surface area contributed by atoms with E-state index in [1.54, 1.807) is 0 Å². The van der Waals surface area contributed by atoms with Gasteiger partial charge in [0, 0.05) is 12.7 Å². The molecule has 128 valence electrons. The Morgan fingerprint density at radius 2 is 2.08 bits per heavy atom. The molecule has 1 heterocycles. The van der Waals surface area contributed by atoms with Crippen molar-refractivity contribution in [2.24, 2.45) is 4.99 Å². The summed E-state index contributed by atoms with van der Waals surface area (Å²) in [6.07, 6.45) is 16.2.